The largest absolute Gasteiger partial charge is 0.0870 e. The van der Waals surface area contributed by atoms with Crippen molar-refractivity contribution >= 4 is 85.7 Å². The van der Waals surface area contributed by atoms with E-state index in [1.54, 1.807) is 0 Å². The lowest BCUT2D eigenvalue weighted by Gasteiger charge is -2.10. The fourth-order valence-electron chi connectivity index (χ4n) is 0.935. The number of hydrogen-bond donors (Lipinski definition) is 0. The molecular weight excluding hydrogens is 508 g/mol. The molecule has 0 saturated carbocycles. The van der Waals surface area contributed by atoms with Crippen LogP contribution in [0.4, 0.5) is 0 Å². The van der Waals surface area contributed by atoms with Gasteiger partial charge in [-0.1, -0.05) is 12.2 Å². The van der Waals surface area contributed by atoms with E-state index in [2.05, 4.69) is 79.6 Å². The summed E-state index contributed by atoms with van der Waals surface area (Å²) >= 11 is 17.6. The third-order valence-corrected chi connectivity index (χ3v) is 7.73. The van der Waals surface area contributed by atoms with Crippen molar-refractivity contribution < 1.29 is 0 Å². The van der Waals surface area contributed by atoms with E-state index in [0.29, 0.717) is 0 Å². The highest BCUT2D eigenvalue weighted by Gasteiger charge is 2.15. The molecule has 0 spiro atoms. The van der Waals surface area contributed by atoms with Crippen molar-refractivity contribution in [2.45, 2.75) is 6.92 Å². The highest BCUT2D eigenvalue weighted by Crippen LogP contribution is 2.44. The molecule has 0 unspecified atom stereocenters. The minimum Gasteiger partial charge on any atom is -0.0870 e. The van der Waals surface area contributed by atoms with Crippen molar-refractivity contribution in [1.29, 1.82) is 0 Å². The summed E-state index contributed by atoms with van der Waals surface area (Å²) in [5.74, 6) is 0. The van der Waals surface area contributed by atoms with E-state index in [1.807, 2.05) is 19.1 Å². The summed E-state index contributed by atoms with van der Waals surface area (Å²) in [6.45, 7) is 1.99. The third kappa shape index (κ3) is 2.54. The van der Waals surface area contributed by atoms with Gasteiger partial charge in [0.1, 0.15) is 0 Å². The van der Waals surface area contributed by atoms with Gasteiger partial charge in [-0.05, 0) is 86.6 Å². The van der Waals surface area contributed by atoms with Gasteiger partial charge in [-0.15, -0.1) is 0 Å². The molecule has 0 bridgehead atoms. The lowest BCUT2D eigenvalue weighted by Crippen LogP contribution is -1.85. The van der Waals surface area contributed by atoms with Crippen molar-refractivity contribution in [2.75, 3.05) is 0 Å². The van der Waals surface area contributed by atoms with Crippen molar-refractivity contribution in [2.24, 2.45) is 0 Å². The normalized spacial score (nSPS) is 11.3. The summed E-state index contributed by atoms with van der Waals surface area (Å²) in [4.78, 5) is 0. The number of rotatable bonds is 1. The molecule has 0 aromatic heterocycles. The van der Waals surface area contributed by atoms with Crippen LogP contribution in [0.3, 0.4) is 0 Å². The minimum atomic E-state index is 0.990. The van der Waals surface area contributed by atoms with Gasteiger partial charge in [0.2, 0.25) is 0 Å². The maximum absolute atomic E-state index is 3.54. The van der Waals surface area contributed by atoms with Crippen molar-refractivity contribution in [3.63, 3.8) is 0 Å². The van der Waals surface area contributed by atoms with Crippen LogP contribution in [0, 0.1) is 0 Å². The van der Waals surface area contributed by atoms with Gasteiger partial charge in [0.15, 0.2) is 0 Å². The zero-order chi connectivity index (χ0) is 10.9. The smallest absolute Gasteiger partial charge is 0.0482 e. The molecule has 14 heavy (non-hydrogen) atoms. The zero-order valence-corrected chi connectivity index (χ0v) is 15.0. The molecule has 0 atom stereocenters. The molecule has 0 amide bonds. The van der Waals surface area contributed by atoms with Crippen LogP contribution >= 0.6 is 79.6 Å². The third-order valence-electron chi connectivity index (χ3n) is 1.58. The van der Waals surface area contributed by atoms with Crippen molar-refractivity contribution in [3.8, 4) is 0 Å². The molecule has 0 nitrogen and oxygen atoms in total. The van der Waals surface area contributed by atoms with Crippen LogP contribution in [-0.4, -0.2) is 0 Å². The Morgan fingerprint density at radius 1 is 0.714 bits per heavy atom. The fourth-order valence-corrected chi connectivity index (χ4v) is 4.28. The summed E-state index contributed by atoms with van der Waals surface area (Å²) < 4.78 is 5.04. The highest BCUT2D eigenvalue weighted by molar-refractivity contribution is 9.15. The fraction of sp³-hybridized carbons (Fsp3) is 0.111. The van der Waals surface area contributed by atoms with E-state index in [1.165, 1.54) is 0 Å². The average Bonchev–Trinajstić information content (AvgIpc) is 2.19. The summed E-state index contributed by atoms with van der Waals surface area (Å²) in [6, 6.07) is 0. The maximum Gasteiger partial charge on any atom is 0.0482 e. The van der Waals surface area contributed by atoms with Gasteiger partial charge in [0.25, 0.3) is 0 Å². The van der Waals surface area contributed by atoms with Gasteiger partial charge >= 0.3 is 0 Å². The number of benzene rings is 1. The lowest BCUT2D eigenvalue weighted by atomic mass is 10.2. The predicted molar refractivity (Wildman–Crippen MR) is 79.7 cm³/mol. The summed E-state index contributed by atoms with van der Waals surface area (Å²) in [6.07, 6.45) is 4.04. The number of halogens is 5. The van der Waals surface area contributed by atoms with Crippen LogP contribution in [0.25, 0.3) is 6.08 Å². The first kappa shape index (κ1) is 13.4. The quantitative estimate of drug-likeness (QED) is 0.296. The molecule has 0 aliphatic heterocycles. The van der Waals surface area contributed by atoms with E-state index in [0.717, 1.165) is 27.9 Å². The topological polar surface area (TPSA) is 0 Å². The Morgan fingerprint density at radius 3 is 1.43 bits per heavy atom. The van der Waals surface area contributed by atoms with E-state index >= 15 is 0 Å². The Hall–Kier alpha value is 1.36. The molecule has 1 aromatic carbocycles. The second kappa shape index (κ2) is 5.62. The Morgan fingerprint density at radius 2 is 1.07 bits per heavy atom. The van der Waals surface area contributed by atoms with Gasteiger partial charge in [0.05, 0.1) is 0 Å². The molecule has 0 N–H and O–H groups in total. The molecule has 0 radical (unpaired) electrons. The second-order valence-corrected chi connectivity index (χ2v) is 6.45. The molecule has 0 saturated heterocycles. The first-order chi connectivity index (χ1) is 6.50. The second-order valence-electron chi connectivity index (χ2n) is 2.48. The molecular formula is C9H5Br5. The first-order valence-corrected chi connectivity index (χ1v) is 7.61. The Bertz CT molecular complexity index is 366. The Labute approximate surface area is 125 Å². The predicted octanol–water partition coefficient (Wildman–Crippen LogP) is 6.53. The zero-order valence-electron chi connectivity index (χ0n) is 7.04. The number of hydrogen-bond acceptors (Lipinski definition) is 0. The van der Waals surface area contributed by atoms with Crippen molar-refractivity contribution in [1.82, 2.24) is 0 Å². The lowest BCUT2D eigenvalue weighted by molar-refractivity contribution is 1.42. The summed E-state index contributed by atoms with van der Waals surface area (Å²) in [5, 5.41) is 0. The van der Waals surface area contributed by atoms with Gasteiger partial charge in [-0.2, -0.15) is 0 Å². The van der Waals surface area contributed by atoms with E-state index in [4.69, 9.17) is 0 Å². The molecule has 1 rings (SSSR count). The average molecular weight is 513 g/mol. The summed E-state index contributed by atoms with van der Waals surface area (Å²) in [7, 11) is 0. The molecule has 0 fully saturated rings. The van der Waals surface area contributed by atoms with Gasteiger partial charge in [-0.3, -0.25) is 0 Å². The van der Waals surface area contributed by atoms with Crippen LogP contribution in [0.5, 0.6) is 0 Å². The standard InChI is InChI=1S/C9H5Br5/c1-2-3-4-5(10)7(12)9(14)8(13)6(4)11/h2-3H,1H3/b3-2+. The first-order valence-electron chi connectivity index (χ1n) is 3.64. The molecule has 1 aromatic rings. The van der Waals surface area contributed by atoms with Crippen molar-refractivity contribution in [3.05, 3.63) is 34.0 Å². The summed E-state index contributed by atoms with van der Waals surface area (Å²) in [5.41, 5.74) is 1.11. The van der Waals surface area contributed by atoms with E-state index in [-0.39, 0.29) is 0 Å². The Kier molecular flexibility index (Phi) is 5.39. The minimum absolute atomic E-state index is 0.990. The molecule has 5 heteroatoms. The highest BCUT2D eigenvalue weighted by atomic mass is 79.9. The SMILES string of the molecule is C/C=C/c1c(Br)c(Br)c(Br)c(Br)c1Br. The number of allylic oxidation sites excluding steroid dienone is 1. The maximum atomic E-state index is 3.54. The Balaban J connectivity index is 3.59. The van der Waals surface area contributed by atoms with Gasteiger partial charge in [0, 0.05) is 27.9 Å². The van der Waals surface area contributed by atoms with Gasteiger partial charge in [-0.25, -0.2) is 0 Å². The van der Waals surface area contributed by atoms with E-state index in [9.17, 15) is 0 Å². The van der Waals surface area contributed by atoms with E-state index < -0.39 is 0 Å². The van der Waals surface area contributed by atoms with Crippen LogP contribution < -0.4 is 0 Å². The van der Waals surface area contributed by atoms with Crippen LogP contribution in [0.15, 0.2) is 28.4 Å². The van der Waals surface area contributed by atoms with Crippen LogP contribution in [0.1, 0.15) is 12.5 Å². The molecule has 0 aliphatic carbocycles. The van der Waals surface area contributed by atoms with Crippen LogP contribution in [-0.2, 0) is 0 Å². The monoisotopic (exact) mass is 508 g/mol. The molecule has 0 aliphatic rings. The van der Waals surface area contributed by atoms with Crippen LogP contribution in [0.2, 0.25) is 0 Å². The van der Waals surface area contributed by atoms with Gasteiger partial charge < -0.3 is 0 Å². The molecule has 0 heterocycles. The molecule has 76 valence electrons.